The number of urea groups is 1. The Kier molecular flexibility index (Phi) is 4.26. The molecular formula is C15H14N4O3S. The summed E-state index contributed by atoms with van der Waals surface area (Å²) in [7, 11) is 0. The number of carbonyl (C=O) groups excluding carboxylic acids is 1. The van der Waals surface area contributed by atoms with Crippen LogP contribution in [0.3, 0.4) is 0 Å². The maximum atomic E-state index is 10.8. The number of imidazole rings is 1. The Morgan fingerprint density at radius 1 is 1.30 bits per heavy atom. The monoisotopic (exact) mass is 330 g/mol. The standard InChI is InChI=1S/C15H14N4O3S/c16-15(20)19(21)9-13-5-6-14(23-13)22-12-3-1-11(2-4-12)18-8-7-17-10-18/h1-8,10,21H,9H2,(H2,16,20). The Labute approximate surface area is 136 Å². The van der Waals surface area contributed by atoms with E-state index in [1.54, 1.807) is 24.7 Å². The molecule has 0 atom stereocenters. The summed E-state index contributed by atoms with van der Waals surface area (Å²) >= 11 is 1.33. The minimum Gasteiger partial charge on any atom is -0.447 e. The summed E-state index contributed by atoms with van der Waals surface area (Å²) in [6, 6.07) is 10.2. The minimum atomic E-state index is -0.893. The van der Waals surface area contributed by atoms with E-state index in [1.165, 1.54) is 11.3 Å². The lowest BCUT2D eigenvalue weighted by molar-refractivity contribution is -0.0462. The van der Waals surface area contributed by atoms with Crippen molar-refractivity contribution in [3.8, 4) is 16.5 Å². The van der Waals surface area contributed by atoms with E-state index in [2.05, 4.69) is 4.98 Å². The number of benzene rings is 1. The van der Waals surface area contributed by atoms with Gasteiger partial charge < -0.3 is 15.0 Å². The first-order valence-corrected chi connectivity index (χ1v) is 7.54. The average molecular weight is 330 g/mol. The molecule has 0 spiro atoms. The number of amides is 2. The Morgan fingerprint density at radius 2 is 2.09 bits per heavy atom. The molecule has 0 aliphatic rings. The third-order valence-electron chi connectivity index (χ3n) is 3.05. The molecule has 0 unspecified atom stereocenters. The van der Waals surface area contributed by atoms with Crippen molar-refractivity contribution in [2.75, 3.05) is 0 Å². The second kappa shape index (κ2) is 6.51. The van der Waals surface area contributed by atoms with Gasteiger partial charge in [-0.3, -0.25) is 5.21 Å². The van der Waals surface area contributed by atoms with Crippen LogP contribution in [0.1, 0.15) is 4.88 Å². The van der Waals surface area contributed by atoms with Crippen LogP contribution in [-0.4, -0.2) is 25.9 Å². The molecule has 2 amide bonds. The third-order valence-corrected chi connectivity index (χ3v) is 4.00. The molecule has 1 aromatic carbocycles. The molecule has 0 fully saturated rings. The summed E-state index contributed by atoms with van der Waals surface area (Å²) in [5.74, 6) is 0.693. The van der Waals surface area contributed by atoms with E-state index < -0.39 is 6.03 Å². The molecule has 0 radical (unpaired) electrons. The summed E-state index contributed by atoms with van der Waals surface area (Å²) in [6.07, 6.45) is 5.30. The molecule has 3 N–H and O–H groups in total. The van der Waals surface area contributed by atoms with Gasteiger partial charge in [-0.15, -0.1) is 11.3 Å². The van der Waals surface area contributed by atoms with Gasteiger partial charge in [0.1, 0.15) is 5.75 Å². The van der Waals surface area contributed by atoms with Crippen LogP contribution >= 0.6 is 11.3 Å². The van der Waals surface area contributed by atoms with Gasteiger partial charge in [0.2, 0.25) is 0 Å². The second-order valence-electron chi connectivity index (χ2n) is 4.68. The van der Waals surface area contributed by atoms with E-state index in [9.17, 15) is 10.0 Å². The van der Waals surface area contributed by atoms with Crippen molar-refractivity contribution in [3.63, 3.8) is 0 Å². The van der Waals surface area contributed by atoms with E-state index in [0.29, 0.717) is 15.9 Å². The number of ether oxygens (including phenoxy) is 1. The maximum Gasteiger partial charge on any atom is 0.338 e. The third kappa shape index (κ3) is 3.68. The number of hydrogen-bond donors (Lipinski definition) is 2. The highest BCUT2D eigenvalue weighted by Gasteiger charge is 2.09. The van der Waals surface area contributed by atoms with Gasteiger partial charge >= 0.3 is 6.03 Å². The van der Waals surface area contributed by atoms with Gasteiger partial charge in [0.15, 0.2) is 5.06 Å². The molecule has 118 valence electrons. The van der Waals surface area contributed by atoms with Gasteiger partial charge in [-0.25, -0.2) is 14.8 Å². The molecule has 2 aromatic heterocycles. The van der Waals surface area contributed by atoms with E-state index in [4.69, 9.17) is 10.5 Å². The molecule has 7 nitrogen and oxygen atoms in total. The molecule has 0 bridgehead atoms. The van der Waals surface area contributed by atoms with Crippen molar-refractivity contribution in [1.82, 2.24) is 14.6 Å². The van der Waals surface area contributed by atoms with Crippen LogP contribution < -0.4 is 10.5 Å². The fourth-order valence-electron chi connectivity index (χ4n) is 1.94. The van der Waals surface area contributed by atoms with Gasteiger partial charge in [0.05, 0.1) is 12.9 Å². The Bertz CT molecular complexity index is 783. The lowest BCUT2D eigenvalue weighted by Gasteiger charge is -2.09. The molecule has 8 heteroatoms. The zero-order chi connectivity index (χ0) is 16.2. The summed E-state index contributed by atoms with van der Waals surface area (Å²) in [6.45, 7) is 0.0307. The number of hydrogen-bond acceptors (Lipinski definition) is 5. The van der Waals surface area contributed by atoms with Crippen LogP contribution in [0.5, 0.6) is 10.8 Å². The molecule has 0 aliphatic heterocycles. The van der Waals surface area contributed by atoms with Crippen LogP contribution in [-0.2, 0) is 6.54 Å². The molecule has 23 heavy (non-hydrogen) atoms. The molecule has 0 saturated carbocycles. The van der Waals surface area contributed by atoms with Gasteiger partial charge in [0.25, 0.3) is 0 Å². The molecule has 2 heterocycles. The zero-order valence-corrected chi connectivity index (χ0v) is 12.8. The molecule has 3 rings (SSSR count). The first kappa shape index (κ1) is 15.1. The summed E-state index contributed by atoms with van der Waals surface area (Å²) < 4.78 is 7.65. The van der Waals surface area contributed by atoms with Gasteiger partial charge in [-0.1, -0.05) is 0 Å². The fourth-order valence-corrected chi connectivity index (χ4v) is 2.79. The lowest BCUT2D eigenvalue weighted by Crippen LogP contribution is -2.31. The van der Waals surface area contributed by atoms with Crippen molar-refractivity contribution >= 4 is 17.4 Å². The topological polar surface area (TPSA) is 93.6 Å². The number of nitrogens with two attached hydrogens (primary N) is 1. The number of hydroxylamine groups is 2. The van der Waals surface area contributed by atoms with Crippen LogP contribution in [0.25, 0.3) is 5.69 Å². The quantitative estimate of drug-likeness (QED) is 0.555. The number of thiophene rings is 1. The predicted molar refractivity (Wildman–Crippen MR) is 84.9 cm³/mol. The number of aromatic nitrogens is 2. The van der Waals surface area contributed by atoms with Gasteiger partial charge in [0, 0.05) is 23.0 Å². The summed E-state index contributed by atoms with van der Waals surface area (Å²) in [5.41, 5.74) is 5.96. The predicted octanol–water partition coefficient (Wildman–Crippen LogP) is 3.00. The number of carbonyl (C=O) groups is 1. The van der Waals surface area contributed by atoms with E-state index in [0.717, 1.165) is 10.6 Å². The van der Waals surface area contributed by atoms with Crippen LogP contribution in [0, 0.1) is 0 Å². The SMILES string of the molecule is NC(=O)N(O)Cc1ccc(Oc2ccc(-n3ccnc3)cc2)s1. The van der Waals surface area contributed by atoms with Crippen LogP contribution in [0.4, 0.5) is 4.79 Å². The Balaban J connectivity index is 1.65. The molecular weight excluding hydrogens is 316 g/mol. The Hall–Kier alpha value is -2.84. The normalized spacial score (nSPS) is 10.5. The van der Waals surface area contributed by atoms with Crippen molar-refractivity contribution in [3.05, 3.63) is 60.0 Å². The van der Waals surface area contributed by atoms with Crippen LogP contribution in [0.15, 0.2) is 55.1 Å². The first-order valence-electron chi connectivity index (χ1n) is 6.72. The second-order valence-corrected chi connectivity index (χ2v) is 5.81. The van der Waals surface area contributed by atoms with E-state index >= 15 is 0 Å². The molecule has 3 aromatic rings. The van der Waals surface area contributed by atoms with Crippen molar-refractivity contribution in [1.29, 1.82) is 0 Å². The maximum absolute atomic E-state index is 10.8. The molecule has 0 saturated heterocycles. The zero-order valence-electron chi connectivity index (χ0n) is 12.0. The summed E-state index contributed by atoms with van der Waals surface area (Å²) in [5, 5.41) is 10.4. The number of nitrogens with zero attached hydrogens (tertiary/aromatic N) is 3. The fraction of sp³-hybridized carbons (Fsp3) is 0.0667. The van der Waals surface area contributed by atoms with Crippen LogP contribution in [0.2, 0.25) is 0 Å². The average Bonchev–Trinajstić information content (AvgIpc) is 3.20. The van der Waals surface area contributed by atoms with Crippen molar-refractivity contribution in [2.24, 2.45) is 5.73 Å². The smallest absolute Gasteiger partial charge is 0.338 e. The van der Waals surface area contributed by atoms with E-state index in [-0.39, 0.29) is 6.54 Å². The Morgan fingerprint density at radius 3 is 2.74 bits per heavy atom. The van der Waals surface area contributed by atoms with Crippen molar-refractivity contribution in [2.45, 2.75) is 6.54 Å². The molecule has 0 aliphatic carbocycles. The summed E-state index contributed by atoms with van der Waals surface area (Å²) in [4.78, 5) is 15.6. The van der Waals surface area contributed by atoms with E-state index in [1.807, 2.05) is 35.0 Å². The van der Waals surface area contributed by atoms with Gasteiger partial charge in [-0.05, 0) is 36.4 Å². The first-order chi connectivity index (χ1) is 11.1. The highest BCUT2D eigenvalue weighted by atomic mass is 32.1. The van der Waals surface area contributed by atoms with Gasteiger partial charge in [-0.2, -0.15) is 0 Å². The highest BCUT2D eigenvalue weighted by Crippen LogP contribution is 2.30. The van der Waals surface area contributed by atoms with Crippen molar-refractivity contribution < 1.29 is 14.7 Å². The number of primary amides is 1. The highest BCUT2D eigenvalue weighted by molar-refractivity contribution is 7.13. The lowest BCUT2D eigenvalue weighted by atomic mass is 10.3. The minimum absolute atomic E-state index is 0.0307. The number of rotatable bonds is 5. The largest absolute Gasteiger partial charge is 0.447 e.